The van der Waals surface area contributed by atoms with E-state index < -0.39 is 5.97 Å². The molecule has 0 aromatic carbocycles. The lowest BCUT2D eigenvalue weighted by Gasteiger charge is -2.34. The van der Waals surface area contributed by atoms with Gasteiger partial charge in [-0.05, 0) is 45.2 Å². The van der Waals surface area contributed by atoms with Crippen LogP contribution in [0.4, 0.5) is 0 Å². The number of hydrogen-bond donors (Lipinski definition) is 0. The fourth-order valence-corrected chi connectivity index (χ4v) is 1.97. The van der Waals surface area contributed by atoms with Gasteiger partial charge in [0, 0.05) is 12.0 Å². The number of piperidine rings is 1. The zero-order chi connectivity index (χ0) is 10.6. The third-order valence-corrected chi connectivity index (χ3v) is 3.19. The molecule has 4 heteroatoms. The van der Waals surface area contributed by atoms with Gasteiger partial charge in [0.1, 0.15) is 0 Å². The molecule has 90 valence electrons. The highest BCUT2D eigenvalue weighted by Gasteiger charge is 2.18. The van der Waals surface area contributed by atoms with E-state index in [1.165, 1.54) is 19.3 Å². The molecule has 3 nitrogen and oxygen atoms in total. The van der Waals surface area contributed by atoms with Crippen LogP contribution in [0.1, 0.15) is 39.5 Å². The zero-order valence-corrected chi connectivity index (χ0v) is 10.4. The van der Waals surface area contributed by atoms with Crippen LogP contribution >= 0.6 is 12.4 Å². The molecule has 1 fully saturated rings. The first-order valence-electron chi connectivity index (χ1n) is 5.56. The molecule has 0 amide bonds. The van der Waals surface area contributed by atoms with E-state index in [0.29, 0.717) is 12.5 Å². The Kier molecular flexibility index (Phi) is 6.94. The molecule has 0 aromatic heterocycles. The van der Waals surface area contributed by atoms with Gasteiger partial charge in [0.25, 0.3) is 0 Å². The number of aliphatic carboxylic acids is 1. The minimum Gasteiger partial charge on any atom is -0.550 e. The van der Waals surface area contributed by atoms with Crippen LogP contribution in [0.3, 0.4) is 0 Å². The summed E-state index contributed by atoms with van der Waals surface area (Å²) in [5, 5.41) is 10.5. The van der Waals surface area contributed by atoms with Crippen molar-refractivity contribution in [3.63, 3.8) is 0 Å². The SMILES string of the molecule is CC(CCN1CCCCC1C)C(=O)[O-].Cl. The van der Waals surface area contributed by atoms with Gasteiger partial charge >= 0.3 is 0 Å². The van der Waals surface area contributed by atoms with E-state index in [0.717, 1.165) is 13.1 Å². The average molecular weight is 235 g/mol. The van der Waals surface area contributed by atoms with Crippen molar-refractivity contribution in [3.8, 4) is 0 Å². The maximum absolute atomic E-state index is 10.5. The summed E-state index contributed by atoms with van der Waals surface area (Å²) < 4.78 is 0. The number of likely N-dealkylation sites (tertiary alicyclic amines) is 1. The van der Waals surface area contributed by atoms with Gasteiger partial charge in [-0.25, -0.2) is 0 Å². The van der Waals surface area contributed by atoms with Crippen LogP contribution in [-0.2, 0) is 4.79 Å². The average Bonchev–Trinajstić information content (AvgIpc) is 2.16. The van der Waals surface area contributed by atoms with Crippen molar-refractivity contribution in [1.82, 2.24) is 4.90 Å². The number of nitrogens with zero attached hydrogens (tertiary/aromatic N) is 1. The highest BCUT2D eigenvalue weighted by atomic mass is 35.5. The van der Waals surface area contributed by atoms with Gasteiger partial charge in [-0.15, -0.1) is 12.4 Å². The van der Waals surface area contributed by atoms with Crippen LogP contribution in [0.2, 0.25) is 0 Å². The molecule has 1 aliphatic heterocycles. The molecule has 0 saturated carbocycles. The Morgan fingerprint density at radius 2 is 2.20 bits per heavy atom. The lowest BCUT2D eigenvalue weighted by atomic mass is 10.0. The normalized spacial score (nSPS) is 24.3. The van der Waals surface area contributed by atoms with Crippen LogP contribution in [0.25, 0.3) is 0 Å². The summed E-state index contributed by atoms with van der Waals surface area (Å²) in [5.41, 5.74) is 0. The Hall–Kier alpha value is -0.280. The number of halogens is 1. The number of carboxylic acids is 1. The molecule has 0 aromatic rings. The summed E-state index contributed by atoms with van der Waals surface area (Å²) in [6.07, 6.45) is 4.53. The summed E-state index contributed by atoms with van der Waals surface area (Å²) in [4.78, 5) is 12.9. The predicted molar refractivity (Wildman–Crippen MR) is 60.9 cm³/mol. The van der Waals surface area contributed by atoms with Crippen LogP contribution in [0.15, 0.2) is 0 Å². The van der Waals surface area contributed by atoms with E-state index in [-0.39, 0.29) is 18.3 Å². The van der Waals surface area contributed by atoms with E-state index in [1.807, 2.05) is 0 Å². The minimum atomic E-state index is -0.922. The Morgan fingerprint density at radius 1 is 1.53 bits per heavy atom. The van der Waals surface area contributed by atoms with Crippen molar-refractivity contribution in [3.05, 3.63) is 0 Å². The van der Waals surface area contributed by atoms with Gasteiger partial charge < -0.3 is 14.8 Å². The molecule has 2 unspecified atom stereocenters. The third kappa shape index (κ3) is 4.85. The summed E-state index contributed by atoms with van der Waals surface area (Å²) in [5.74, 6) is -1.24. The standard InChI is InChI=1S/C11H21NO2.ClH/c1-9(11(13)14)6-8-12-7-4-3-5-10(12)2;/h9-10H,3-8H2,1-2H3,(H,13,14);1H/p-1. The second-order valence-electron chi connectivity index (χ2n) is 4.39. The molecule has 1 saturated heterocycles. The number of hydrogen-bond acceptors (Lipinski definition) is 3. The van der Waals surface area contributed by atoms with Gasteiger partial charge in [0.05, 0.1) is 0 Å². The first-order valence-corrected chi connectivity index (χ1v) is 5.56. The highest BCUT2D eigenvalue weighted by molar-refractivity contribution is 5.85. The first kappa shape index (κ1) is 14.7. The Morgan fingerprint density at radius 3 is 2.73 bits per heavy atom. The smallest absolute Gasteiger partial charge is 0.0443 e. The molecule has 1 heterocycles. The summed E-state index contributed by atoms with van der Waals surface area (Å²) in [7, 11) is 0. The van der Waals surface area contributed by atoms with Crippen molar-refractivity contribution in [2.24, 2.45) is 5.92 Å². The highest BCUT2D eigenvalue weighted by Crippen LogP contribution is 2.17. The topological polar surface area (TPSA) is 43.4 Å². The lowest BCUT2D eigenvalue weighted by molar-refractivity contribution is -0.311. The molecule has 1 rings (SSSR count). The summed E-state index contributed by atoms with van der Waals surface area (Å²) in [6.45, 7) is 5.98. The van der Waals surface area contributed by atoms with E-state index in [9.17, 15) is 9.90 Å². The number of rotatable bonds is 4. The van der Waals surface area contributed by atoms with Crippen molar-refractivity contribution < 1.29 is 9.90 Å². The fourth-order valence-electron chi connectivity index (χ4n) is 1.97. The molecule has 0 spiro atoms. The number of carboxylic acid groups (broad SMARTS) is 1. The minimum absolute atomic E-state index is 0. The van der Waals surface area contributed by atoms with E-state index in [1.54, 1.807) is 6.92 Å². The van der Waals surface area contributed by atoms with Gasteiger partial charge in [0.2, 0.25) is 0 Å². The molecule has 15 heavy (non-hydrogen) atoms. The fraction of sp³-hybridized carbons (Fsp3) is 0.909. The van der Waals surface area contributed by atoms with Crippen molar-refractivity contribution in [2.45, 2.75) is 45.6 Å². The Bertz CT molecular complexity index is 199. The lowest BCUT2D eigenvalue weighted by Crippen LogP contribution is -2.40. The second-order valence-corrected chi connectivity index (χ2v) is 4.39. The van der Waals surface area contributed by atoms with Crippen LogP contribution < -0.4 is 5.11 Å². The van der Waals surface area contributed by atoms with E-state index >= 15 is 0 Å². The molecule has 0 radical (unpaired) electrons. The number of carbonyl (C=O) groups is 1. The number of carbonyl (C=O) groups excluding carboxylic acids is 1. The van der Waals surface area contributed by atoms with Gasteiger partial charge in [-0.3, -0.25) is 0 Å². The largest absolute Gasteiger partial charge is 0.550 e. The van der Waals surface area contributed by atoms with Crippen LogP contribution in [0, 0.1) is 5.92 Å². The monoisotopic (exact) mass is 234 g/mol. The van der Waals surface area contributed by atoms with Gasteiger partial charge in [0.15, 0.2) is 0 Å². The van der Waals surface area contributed by atoms with E-state index in [2.05, 4.69) is 11.8 Å². The Balaban J connectivity index is 0.00000196. The maximum atomic E-state index is 10.5. The summed E-state index contributed by atoms with van der Waals surface area (Å²) in [6, 6.07) is 0.623. The molecule has 2 atom stereocenters. The second kappa shape index (κ2) is 7.07. The first-order chi connectivity index (χ1) is 6.61. The Labute approximate surface area is 98.3 Å². The molecular formula is C11H21ClNO2-. The van der Waals surface area contributed by atoms with Gasteiger partial charge in [-0.1, -0.05) is 13.3 Å². The molecule has 0 N–H and O–H groups in total. The van der Waals surface area contributed by atoms with Crippen LogP contribution in [-0.4, -0.2) is 30.0 Å². The van der Waals surface area contributed by atoms with E-state index in [4.69, 9.17) is 0 Å². The molecule has 1 aliphatic rings. The van der Waals surface area contributed by atoms with Crippen molar-refractivity contribution in [2.75, 3.05) is 13.1 Å². The third-order valence-electron chi connectivity index (χ3n) is 3.19. The molecular weight excluding hydrogens is 214 g/mol. The maximum Gasteiger partial charge on any atom is 0.0443 e. The van der Waals surface area contributed by atoms with Crippen LogP contribution in [0.5, 0.6) is 0 Å². The zero-order valence-electron chi connectivity index (χ0n) is 9.57. The summed E-state index contributed by atoms with van der Waals surface area (Å²) >= 11 is 0. The molecule has 0 bridgehead atoms. The quantitative estimate of drug-likeness (QED) is 0.731. The molecule has 0 aliphatic carbocycles. The van der Waals surface area contributed by atoms with Crippen molar-refractivity contribution >= 4 is 18.4 Å². The van der Waals surface area contributed by atoms with Gasteiger partial charge in [-0.2, -0.15) is 0 Å². The van der Waals surface area contributed by atoms with Crippen molar-refractivity contribution in [1.29, 1.82) is 0 Å². The predicted octanol–water partition coefficient (Wildman–Crippen LogP) is 1.06.